The molecule has 0 aliphatic heterocycles. The smallest absolute Gasteiger partial charge is 0.318 e. The maximum atomic E-state index is 12.8. The van der Waals surface area contributed by atoms with Crippen LogP contribution in [0.3, 0.4) is 0 Å². The monoisotopic (exact) mass is 395 g/mol. The van der Waals surface area contributed by atoms with Gasteiger partial charge in [0.1, 0.15) is 22.9 Å². The van der Waals surface area contributed by atoms with E-state index in [0.717, 1.165) is 4.31 Å². The van der Waals surface area contributed by atoms with Gasteiger partial charge in [-0.15, -0.1) is 0 Å². The van der Waals surface area contributed by atoms with Crippen LogP contribution in [0.4, 0.5) is 0 Å². The van der Waals surface area contributed by atoms with E-state index in [0.29, 0.717) is 10.2 Å². The van der Waals surface area contributed by atoms with Crippen molar-refractivity contribution < 1.29 is 27.8 Å². The Hall–Kier alpha value is -1.32. The van der Waals surface area contributed by atoms with Gasteiger partial charge in [0.25, 0.3) is 0 Å². The maximum absolute atomic E-state index is 12.8. The highest BCUT2D eigenvalue weighted by Crippen LogP contribution is 2.36. The zero-order chi connectivity index (χ0) is 17.1. The van der Waals surface area contributed by atoms with E-state index in [9.17, 15) is 13.2 Å². The van der Waals surface area contributed by atoms with Gasteiger partial charge < -0.3 is 14.6 Å². The first kappa shape index (κ1) is 18.7. The number of sulfonamides is 1. The van der Waals surface area contributed by atoms with Crippen LogP contribution >= 0.6 is 15.9 Å². The molecule has 124 valence electrons. The molecule has 0 saturated carbocycles. The average Bonchev–Trinajstić information content (AvgIpc) is 2.43. The van der Waals surface area contributed by atoms with Crippen LogP contribution in [-0.4, -0.2) is 50.6 Å². The van der Waals surface area contributed by atoms with Crippen molar-refractivity contribution in [3.63, 3.8) is 0 Å². The van der Waals surface area contributed by atoms with Gasteiger partial charge in [0.15, 0.2) is 0 Å². The highest BCUT2D eigenvalue weighted by Gasteiger charge is 2.32. The summed E-state index contributed by atoms with van der Waals surface area (Å²) in [5.74, 6) is -0.745. The second-order valence-electron chi connectivity index (χ2n) is 4.68. The quantitative estimate of drug-likeness (QED) is 0.758. The number of carboxylic acids is 1. The Morgan fingerprint density at radius 1 is 1.27 bits per heavy atom. The van der Waals surface area contributed by atoms with Gasteiger partial charge in [-0.1, -0.05) is 0 Å². The third-order valence-corrected chi connectivity index (χ3v) is 5.55. The minimum Gasteiger partial charge on any atom is -0.495 e. The van der Waals surface area contributed by atoms with Crippen molar-refractivity contribution in [2.45, 2.75) is 24.8 Å². The molecule has 0 saturated heterocycles. The number of hydrogen-bond acceptors (Lipinski definition) is 5. The summed E-state index contributed by atoms with van der Waals surface area (Å²) in [5, 5.41) is 8.94. The van der Waals surface area contributed by atoms with E-state index < -0.39 is 28.6 Å². The Morgan fingerprint density at radius 3 is 2.23 bits per heavy atom. The van der Waals surface area contributed by atoms with Crippen molar-refractivity contribution in [2.24, 2.45) is 0 Å². The topological polar surface area (TPSA) is 93.1 Å². The molecule has 1 aromatic rings. The van der Waals surface area contributed by atoms with E-state index in [1.807, 2.05) is 0 Å². The van der Waals surface area contributed by atoms with Gasteiger partial charge in [-0.05, 0) is 35.8 Å². The first-order valence-electron chi connectivity index (χ1n) is 6.30. The second kappa shape index (κ2) is 7.30. The molecule has 1 aromatic carbocycles. The lowest BCUT2D eigenvalue weighted by Crippen LogP contribution is -2.40. The molecule has 0 heterocycles. The maximum Gasteiger partial charge on any atom is 0.318 e. The summed E-state index contributed by atoms with van der Waals surface area (Å²) in [6, 6.07) is 2.24. The Labute approximate surface area is 138 Å². The van der Waals surface area contributed by atoms with Crippen LogP contribution in [0.2, 0.25) is 0 Å². The van der Waals surface area contributed by atoms with Crippen LogP contribution in [0, 0.1) is 0 Å². The average molecular weight is 396 g/mol. The van der Waals surface area contributed by atoms with E-state index in [-0.39, 0.29) is 10.6 Å². The molecule has 1 N–H and O–H groups in total. The van der Waals surface area contributed by atoms with Crippen LogP contribution in [0.1, 0.15) is 13.8 Å². The lowest BCUT2D eigenvalue weighted by atomic mass is 10.3. The zero-order valence-corrected chi connectivity index (χ0v) is 15.1. The molecule has 0 aromatic heterocycles. The Bertz CT molecular complexity index is 659. The largest absolute Gasteiger partial charge is 0.495 e. The number of carbonyl (C=O) groups is 1. The fraction of sp³-hybridized carbons (Fsp3) is 0.462. The molecule has 1 rings (SSSR count). The number of ether oxygens (including phenoxy) is 2. The van der Waals surface area contributed by atoms with Gasteiger partial charge in [0.05, 0.1) is 18.7 Å². The minimum atomic E-state index is -4.04. The van der Waals surface area contributed by atoms with Gasteiger partial charge in [-0.25, -0.2) is 8.42 Å². The number of rotatable bonds is 7. The van der Waals surface area contributed by atoms with Crippen molar-refractivity contribution >= 4 is 31.9 Å². The number of benzene rings is 1. The van der Waals surface area contributed by atoms with Crippen LogP contribution < -0.4 is 9.47 Å². The molecule has 0 amide bonds. The molecule has 0 aliphatic carbocycles. The van der Waals surface area contributed by atoms with Crippen molar-refractivity contribution in [1.82, 2.24) is 4.31 Å². The zero-order valence-electron chi connectivity index (χ0n) is 12.7. The van der Waals surface area contributed by atoms with Crippen LogP contribution in [0.5, 0.6) is 11.5 Å². The lowest BCUT2D eigenvalue weighted by molar-refractivity contribution is -0.137. The van der Waals surface area contributed by atoms with Gasteiger partial charge in [0, 0.05) is 12.1 Å². The van der Waals surface area contributed by atoms with Crippen molar-refractivity contribution in [2.75, 3.05) is 20.8 Å². The van der Waals surface area contributed by atoms with E-state index in [1.165, 1.54) is 26.4 Å². The molecule has 7 nitrogen and oxygen atoms in total. The Kier molecular flexibility index (Phi) is 6.21. The van der Waals surface area contributed by atoms with Gasteiger partial charge >= 0.3 is 5.97 Å². The molecular weight excluding hydrogens is 378 g/mol. The number of methoxy groups -OCH3 is 2. The molecular formula is C13H18BrNO6S. The van der Waals surface area contributed by atoms with Crippen molar-refractivity contribution in [1.29, 1.82) is 0 Å². The number of nitrogens with zero attached hydrogens (tertiary/aromatic N) is 1. The third-order valence-electron chi connectivity index (χ3n) is 2.89. The Balaban J connectivity index is 3.49. The summed E-state index contributed by atoms with van der Waals surface area (Å²) in [4.78, 5) is 10.8. The van der Waals surface area contributed by atoms with Gasteiger partial charge in [0.2, 0.25) is 10.0 Å². The molecule has 0 unspecified atom stereocenters. The SMILES string of the molecule is COc1cc(OC)c(S(=O)(=O)N(CC(=O)O)C(C)C)cc1Br. The standard InChI is InChI=1S/C13H18BrNO6S/c1-8(2)15(7-13(16)17)22(18,19)12-5-9(14)10(20-3)6-11(12)21-4/h5-6,8H,7H2,1-4H3,(H,16,17). The van der Waals surface area contributed by atoms with E-state index in [1.54, 1.807) is 13.8 Å². The van der Waals surface area contributed by atoms with Crippen LogP contribution in [-0.2, 0) is 14.8 Å². The summed E-state index contributed by atoms with van der Waals surface area (Å²) in [7, 11) is -1.27. The van der Waals surface area contributed by atoms with E-state index >= 15 is 0 Å². The molecule has 0 bridgehead atoms. The molecule has 0 spiro atoms. The van der Waals surface area contributed by atoms with E-state index in [2.05, 4.69) is 15.9 Å². The summed E-state index contributed by atoms with van der Waals surface area (Å²) < 4.78 is 37.1. The first-order chi connectivity index (χ1) is 10.1. The molecule has 0 radical (unpaired) electrons. The molecule has 9 heteroatoms. The normalized spacial score (nSPS) is 11.8. The van der Waals surface area contributed by atoms with Crippen LogP contribution in [0.25, 0.3) is 0 Å². The van der Waals surface area contributed by atoms with E-state index in [4.69, 9.17) is 14.6 Å². The first-order valence-corrected chi connectivity index (χ1v) is 8.53. The predicted octanol–water partition coefficient (Wildman–Crippen LogP) is 1.95. The molecule has 0 aliphatic rings. The lowest BCUT2D eigenvalue weighted by Gasteiger charge is -2.25. The number of hydrogen-bond donors (Lipinski definition) is 1. The molecule has 0 fully saturated rings. The summed E-state index contributed by atoms with van der Waals surface area (Å²) in [5.41, 5.74) is 0. The van der Waals surface area contributed by atoms with Crippen molar-refractivity contribution in [3.8, 4) is 11.5 Å². The summed E-state index contributed by atoms with van der Waals surface area (Å²) >= 11 is 3.22. The highest BCUT2D eigenvalue weighted by molar-refractivity contribution is 9.10. The van der Waals surface area contributed by atoms with Gasteiger partial charge in [-0.3, -0.25) is 4.79 Å². The number of aliphatic carboxylic acids is 1. The highest BCUT2D eigenvalue weighted by atomic mass is 79.9. The molecule has 22 heavy (non-hydrogen) atoms. The molecule has 0 atom stereocenters. The number of carboxylic acid groups (broad SMARTS) is 1. The summed E-state index contributed by atoms with van der Waals surface area (Å²) in [6.45, 7) is 2.57. The van der Waals surface area contributed by atoms with Crippen LogP contribution in [0.15, 0.2) is 21.5 Å². The third kappa shape index (κ3) is 3.90. The Morgan fingerprint density at radius 2 is 1.82 bits per heavy atom. The number of halogens is 1. The van der Waals surface area contributed by atoms with Crippen molar-refractivity contribution in [3.05, 3.63) is 16.6 Å². The fourth-order valence-corrected chi connectivity index (χ4v) is 4.25. The summed E-state index contributed by atoms with van der Waals surface area (Å²) in [6.07, 6.45) is 0. The predicted molar refractivity (Wildman–Crippen MR) is 83.9 cm³/mol. The fourth-order valence-electron chi connectivity index (χ4n) is 1.84. The second-order valence-corrected chi connectivity index (χ2v) is 7.39. The minimum absolute atomic E-state index is 0.0797. The van der Waals surface area contributed by atoms with Gasteiger partial charge in [-0.2, -0.15) is 4.31 Å².